The van der Waals surface area contributed by atoms with Crippen molar-refractivity contribution in [2.75, 3.05) is 19.7 Å². The van der Waals surface area contributed by atoms with Crippen LogP contribution in [0.25, 0.3) is 0 Å². The van der Waals surface area contributed by atoms with Gasteiger partial charge in [-0.1, -0.05) is 11.6 Å². The van der Waals surface area contributed by atoms with Gasteiger partial charge in [-0.2, -0.15) is 0 Å². The Labute approximate surface area is 118 Å². The monoisotopic (exact) mass is 282 g/mol. The van der Waals surface area contributed by atoms with Crippen molar-refractivity contribution in [3.8, 4) is 0 Å². The van der Waals surface area contributed by atoms with Gasteiger partial charge in [0.15, 0.2) is 0 Å². The molecule has 104 valence electrons. The smallest absolute Gasteiger partial charge is 0.310 e. The van der Waals surface area contributed by atoms with Crippen LogP contribution in [-0.2, 0) is 16.1 Å². The summed E-state index contributed by atoms with van der Waals surface area (Å²) in [5.41, 5.74) is 1.06. The zero-order valence-electron chi connectivity index (χ0n) is 11.1. The Hall–Kier alpha value is -1.13. The topological polar surface area (TPSA) is 42.4 Å². The molecule has 0 saturated carbocycles. The zero-order valence-corrected chi connectivity index (χ0v) is 11.9. The van der Waals surface area contributed by atoms with E-state index >= 15 is 0 Å². The number of aromatic nitrogens is 1. The Morgan fingerprint density at radius 2 is 2.47 bits per heavy atom. The largest absolute Gasteiger partial charge is 0.466 e. The molecule has 1 aliphatic rings. The molecule has 19 heavy (non-hydrogen) atoms. The van der Waals surface area contributed by atoms with Crippen molar-refractivity contribution < 1.29 is 9.53 Å². The average molecular weight is 283 g/mol. The minimum atomic E-state index is -0.0759. The van der Waals surface area contributed by atoms with E-state index in [2.05, 4.69) is 9.88 Å². The summed E-state index contributed by atoms with van der Waals surface area (Å²) < 4.78 is 5.10. The highest BCUT2D eigenvalue weighted by molar-refractivity contribution is 6.31. The number of hydrogen-bond donors (Lipinski definition) is 0. The Bertz CT molecular complexity index is 439. The van der Waals surface area contributed by atoms with Gasteiger partial charge in [0.05, 0.1) is 17.5 Å². The number of likely N-dealkylation sites (tertiary alicyclic amines) is 1. The van der Waals surface area contributed by atoms with Gasteiger partial charge in [-0.15, -0.1) is 0 Å². The number of carbonyl (C=O) groups excluding carboxylic acids is 1. The lowest BCUT2D eigenvalue weighted by molar-refractivity contribution is -0.150. The van der Waals surface area contributed by atoms with Crippen LogP contribution in [0.1, 0.15) is 25.3 Å². The minimum absolute atomic E-state index is 0.00527. The molecule has 0 aromatic carbocycles. The van der Waals surface area contributed by atoms with E-state index in [9.17, 15) is 4.79 Å². The summed E-state index contributed by atoms with van der Waals surface area (Å²) in [6.45, 7) is 4.80. The lowest BCUT2D eigenvalue weighted by Gasteiger charge is -2.31. The highest BCUT2D eigenvalue weighted by atomic mass is 35.5. The molecule has 0 spiro atoms. The molecule has 1 fully saturated rings. The van der Waals surface area contributed by atoms with E-state index in [1.165, 1.54) is 0 Å². The van der Waals surface area contributed by atoms with E-state index in [0.29, 0.717) is 11.6 Å². The molecule has 0 radical (unpaired) electrons. The fraction of sp³-hybridized carbons (Fsp3) is 0.571. The van der Waals surface area contributed by atoms with Gasteiger partial charge in [-0.3, -0.25) is 14.7 Å². The highest BCUT2D eigenvalue weighted by Gasteiger charge is 2.26. The van der Waals surface area contributed by atoms with E-state index in [4.69, 9.17) is 16.3 Å². The molecular weight excluding hydrogens is 264 g/mol. The van der Waals surface area contributed by atoms with Crippen LogP contribution in [0.4, 0.5) is 0 Å². The number of piperidine rings is 1. The summed E-state index contributed by atoms with van der Waals surface area (Å²) in [5, 5.41) is 0.681. The molecule has 0 N–H and O–H groups in total. The van der Waals surface area contributed by atoms with Crippen LogP contribution in [-0.4, -0.2) is 35.5 Å². The minimum Gasteiger partial charge on any atom is -0.466 e. The number of nitrogens with zero attached hydrogens (tertiary/aromatic N) is 2. The first-order chi connectivity index (χ1) is 9.20. The maximum absolute atomic E-state index is 11.8. The Morgan fingerprint density at radius 3 is 3.21 bits per heavy atom. The van der Waals surface area contributed by atoms with Crippen molar-refractivity contribution in [2.24, 2.45) is 5.92 Å². The SMILES string of the molecule is CCOC(=O)[C@H]1CCCN(Cc2ccncc2Cl)C1. The normalized spacial score (nSPS) is 20.2. The van der Waals surface area contributed by atoms with Gasteiger partial charge in [0.25, 0.3) is 0 Å². The van der Waals surface area contributed by atoms with Gasteiger partial charge >= 0.3 is 5.97 Å². The first kappa shape index (κ1) is 14.3. The van der Waals surface area contributed by atoms with Crippen LogP contribution in [0.2, 0.25) is 5.02 Å². The first-order valence-corrected chi connectivity index (χ1v) is 7.06. The maximum Gasteiger partial charge on any atom is 0.310 e. The first-order valence-electron chi connectivity index (χ1n) is 6.68. The summed E-state index contributed by atoms with van der Waals surface area (Å²) in [4.78, 5) is 18.0. The van der Waals surface area contributed by atoms with Crippen molar-refractivity contribution in [3.05, 3.63) is 29.0 Å². The van der Waals surface area contributed by atoms with Crippen LogP contribution in [0, 0.1) is 5.92 Å². The van der Waals surface area contributed by atoms with Gasteiger partial charge in [0, 0.05) is 25.5 Å². The van der Waals surface area contributed by atoms with Crippen LogP contribution < -0.4 is 0 Å². The molecule has 1 aromatic heterocycles. The maximum atomic E-state index is 11.8. The van der Waals surface area contributed by atoms with Crippen molar-refractivity contribution in [1.82, 2.24) is 9.88 Å². The van der Waals surface area contributed by atoms with Gasteiger partial charge in [-0.25, -0.2) is 0 Å². The number of rotatable bonds is 4. The number of halogens is 1. The van der Waals surface area contributed by atoms with E-state index in [1.807, 2.05) is 13.0 Å². The molecule has 4 nitrogen and oxygen atoms in total. The fourth-order valence-corrected chi connectivity index (χ4v) is 2.60. The number of ether oxygens (including phenoxy) is 1. The van der Waals surface area contributed by atoms with Crippen molar-refractivity contribution in [3.63, 3.8) is 0 Å². The third-order valence-electron chi connectivity index (χ3n) is 3.38. The molecule has 0 aliphatic carbocycles. The summed E-state index contributed by atoms with van der Waals surface area (Å²) in [7, 11) is 0. The average Bonchev–Trinajstić information content (AvgIpc) is 2.42. The number of esters is 1. The fourth-order valence-electron chi connectivity index (χ4n) is 2.42. The lowest BCUT2D eigenvalue weighted by Crippen LogP contribution is -2.39. The molecule has 0 bridgehead atoms. The van der Waals surface area contributed by atoms with Crippen molar-refractivity contribution >= 4 is 17.6 Å². The molecule has 0 amide bonds. The number of hydrogen-bond acceptors (Lipinski definition) is 4. The molecule has 1 atom stereocenters. The lowest BCUT2D eigenvalue weighted by atomic mass is 9.98. The summed E-state index contributed by atoms with van der Waals surface area (Å²) in [6.07, 6.45) is 5.34. The Kier molecular flexibility index (Phi) is 5.16. The third-order valence-corrected chi connectivity index (χ3v) is 3.72. The molecular formula is C14H19ClN2O2. The molecule has 1 saturated heterocycles. The van der Waals surface area contributed by atoms with Crippen LogP contribution in [0.15, 0.2) is 18.5 Å². The molecule has 2 rings (SSSR count). The van der Waals surface area contributed by atoms with Crippen molar-refractivity contribution in [1.29, 1.82) is 0 Å². The Balaban J connectivity index is 1.94. The van der Waals surface area contributed by atoms with Gasteiger partial charge in [0.1, 0.15) is 0 Å². The number of pyridine rings is 1. The predicted octanol–water partition coefficient (Wildman–Crippen LogP) is 2.51. The Morgan fingerprint density at radius 1 is 1.63 bits per heavy atom. The van der Waals surface area contributed by atoms with Crippen LogP contribution >= 0.6 is 11.6 Å². The molecule has 0 unspecified atom stereocenters. The molecule has 1 aromatic rings. The van der Waals surface area contributed by atoms with E-state index in [1.54, 1.807) is 12.4 Å². The molecule has 5 heteroatoms. The van der Waals surface area contributed by atoms with E-state index in [0.717, 1.165) is 38.0 Å². The van der Waals surface area contributed by atoms with E-state index in [-0.39, 0.29) is 11.9 Å². The summed E-state index contributed by atoms with van der Waals surface area (Å²) in [6, 6.07) is 1.93. The van der Waals surface area contributed by atoms with Gasteiger partial charge in [-0.05, 0) is 37.9 Å². The second-order valence-electron chi connectivity index (χ2n) is 4.79. The standard InChI is InChI=1S/C14H19ClN2O2/c1-2-19-14(18)12-4-3-7-17(10-12)9-11-5-6-16-8-13(11)15/h5-6,8,12H,2-4,7,9-10H2,1H3/t12-/m0/s1. The second-order valence-corrected chi connectivity index (χ2v) is 5.20. The third kappa shape index (κ3) is 3.91. The quantitative estimate of drug-likeness (QED) is 0.796. The molecule has 1 aliphatic heterocycles. The van der Waals surface area contributed by atoms with Gasteiger partial charge in [0.2, 0.25) is 0 Å². The van der Waals surface area contributed by atoms with Crippen LogP contribution in [0.3, 0.4) is 0 Å². The van der Waals surface area contributed by atoms with Crippen molar-refractivity contribution in [2.45, 2.75) is 26.3 Å². The predicted molar refractivity (Wildman–Crippen MR) is 73.9 cm³/mol. The highest BCUT2D eigenvalue weighted by Crippen LogP contribution is 2.22. The van der Waals surface area contributed by atoms with Gasteiger partial charge < -0.3 is 4.74 Å². The summed E-state index contributed by atoms with van der Waals surface area (Å²) in [5.74, 6) is -0.0812. The zero-order chi connectivity index (χ0) is 13.7. The summed E-state index contributed by atoms with van der Waals surface area (Å²) >= 11 is 6.11. The van der Waals surface area contributed by atoms with E-state index < -0.39 is 0 Å². The second kappa shape index (κ2) is 6.87. The molecule has 2 heterocycles. The van der Waals surface area contributed by atoms with Crippen LogP contribution in [0.5, 0.6) is 0 Å². The number of carbonyl (C=O) groups is 1.